The molecule has 100 valence electrons. The highest BCUT2D eigenvalue weighted by atomic mass is 16.4. The van der Waals surface area contributed by atoms with Gasteiger partial charge in [-0.15, -0.1) is 0 Å². The van der Waals surface area contributed by atoms with Crippen molar-refractivity contribution in [3.05, 3.63) is 46.8 Å². The Balaban J connectivity index is 2.67. The van der Waals surface area contributed by atoms with E-state index in [1.807, 2.05) is 6.07 Å². The van der Waals surface area contributed by atoms with Crippen LogP contribution in [0.2, 0.25) is 0 Å². The topological polar surface area (TPSA) is 116 Å². The van der Waals surface area contributed by atoms with Gasteiger partial charge in [0.05, 0.1) is 34.3 Å². The highest BCUT2D eigenvalue weighted by Crippen LogP contribution is 2.18. The molecule has 1 heterocycles. The van der Waals surface area contributed by atoms with Crippen molar-refractivity contribution in [1.82, 2.24) is 9.78 Å². The Morgan fingerprint density at radius 3 is 2.15 bits per heavy atom. The molecule has 0 saturated heterocycles. The molecule has 0 radical (unpaired) electrons. The van der Waals surface area contributed by atoms with Crippen molar-refractivity contribution in [3.63, 3.8) is 0 Å². The monoisotopic (exact) mass is 271 g/mol. The summed E-state index contributed by atoms with van der Waals surface area (Å²) in [5, 5.41) is 30.9. The van der Waals surface area contributed by atoms with E-state index in [0.717, 1.165) is 6.07 Å². The number of nitriles is 1. The summed E-state index contributed by atoms with van der Waals surface area (Å²) in [6.45, 7) is 1.64. The van der Waals surface area contributed by atoms with Crippen LogP contribution in [-0.4, -0.2) is 31.9 Å². The Morgan fingerprint density at radius 1 is 1.20 bits per heavy atom. The van der Waals surface area contributed by atoms with Gasteiger partial charge in [0.25, 0.3) is 0 Å². The molecule has 0 atom stereocenters. The standard InChI is InChI=1S/C13H9N3O4/c1-7-10(5-14)6-15-16(7)11-3-8(12(17)18)2-9(4-11)13(19)20/h2-4,6H,1H3,(H,17,18)(H,19,20). The van der Waals surface area contributed by atoms with Crippen molar-refractivity contribution in [2.75, 3.05) is 0 Å². The second-order valence-electron chi connectivity index (χ2n) is 4.05. The van der Waals surface area contributed by atoms with E-state index >= 15 is 0 Å². The van der Waals surface area contributed by atoms with Gasteiger partial charge in [0.15, 0.2) is 0 Å². The second kappa shape index (κ2) is 4.85. The number of carboxylic acids is 2. The summed E-state index contributed by atoms with van der Waals surface area (Å²) >= 11 is 0. The Kier molecular flexibility index (Phi) is 3.23. The summed E-state index contributed by atoms with van der Waals surface area (Å²) < 4.78 is 1.33. The van der Waals surface area contributed by atoms with Gasteiger partial charge in [0, 0.05) is 0 Å². The van der Waals surface area contributed by atoms with E-state index < -0.39 is 11.9 Å². The Hall–Kier alpha value is -3.14. The minimum absolute atomic E-state index is 0.159. The van der Waals surface area contributed by atoms with Crippen LogP contribution >= 0.6 is 0 Å². The van der Waals surface area contributed by atoms with Crippen molar-refractivity contribution in [2.45, 2.75) is 6.92 Å². The first-order valence-electron chi connectivity index (χ1n) is 5.51. The smallest absolute Gasteiger partial charge is 0.335 e. The lowest BCUT2D eigenvalue weighted by molar-refractivity contribution is 0.0696. The number of nitrogens with zero attached hydrogens (tertiary/aromatic N) is 3. The molecule has 0 saturated carbocycles. The van der Waals surface area contributed by atoms with Crippen LogP contribution in [0.4, 0.5) is 0 Å². The maximum absolute atomic E-state index is 11.0. The van der Waals surface area contributed by atoms with E-state index in [1.54, 1.807) is 6.92 Å². The van der Waals surface area contributed by atoms with Crippen molar-refractivity contribution < 1.29 is 19.8 Å². The number of aromatic carboxylic acids is 2. The molecular weight excluding hydrogens is 262 g/mol. The number of benzene rings is 1. The van der Waals surface area contributed by atoms with Crippen LogP contribution < -0.4 is 0 Å². The van der Waals surface area contributed by atoms with Crippen LogP contribution in [-0.2, 0) is 0 Å². The first-order valence-corrected chi connectivity index (χ1v) is 5.51. The Bertz CT molecular complexity index is 723. The van der Waals surface area contributed by atoms with E-state index in [1.165, 1.54) is 23.0 Å². The van der Waals surface area contributed by atoms with Crippen LogP contribution in [0.5, 0.6) is 0 Å². The number of carbonyl (C=O) groups is 2. The fourth-order valence-electron chi connectivity index (χ4n) is 1.76. The zero-order chi connectivity index (χ0) is 14.9. The quantitative estimate of drug-likeness (QED) is 0.872. The minimum atomic E-state index is -1.24. The van der Waals surface area contributed by atoms with E-state index in [2.05, 4.69) is 5.10 Å². The summed E-state index contributed by atoms with van der Waals surface area (Å²) in [5.74, 6) is -2.47. The lowest BCUT2D eigenvalue weighted by atomic mass is 10.1. The highest BCUT2D eigenvalue weighted by molar-refractivity contribution is 5.94. The highest BCUT2D eigenvalue weighted by Gasteiger charge is 2.14. The normalized spacial score (nSPS) is 10.0. The molecule has 0 aliphatic rings. The number of hydrogen-bond acceptors (Lipinski definition) is 4. The third kappa shape index (κ3) is 2.22. The molecule has 1 aromatic heterocycles. The van der Waals surface area contributed by atoms with Crippen molar-refractivity contribution in [2.24, 2.45) is 0 Å². The van der Waals surface area contributed by atoms with Gasteiger partial charge < -0.3 is 10.2 Å². The number of aromatic nitrogens is 2. The molecular formula is C13H9N3O4. The SMILES string of the molecule is Cc1c(C#N)cnn1-c1cc(C(=O)O)cc(C(=O)O)c1. The van der Waals surface area contributed by atoms with Crippen molar-refractivity contribution >= 4 is 11.9 Å². The number of rotatable bonds is 3. The molecule has 2 N–H and O–H groups in total. The van der Waals surface area contributed by atoms with Gasteiger partial charge in [-0.2, -0.15) is 10.4 Å². The van der Waals surface area contributed by atoms with Crippen LogP contribution in [0, 0.1) is 18.3 Å². The molecule has 7 heteroatoms. The van der Waals surface area contributed by atoms with E-state index in [4.69, 9.17) is 15.5 Å². The van der Waals surface area contributed by atoms with E-state index in [9.17, 15) is 9.59 Å². The molecule has 0 amide bonds. The first-order chi connectivity index (χ1) is 9.43. The summed E-state index contributed by atoms with van der Waals surface area (Å²) in [7, 11) is 0. The summed E-state index contributed by atoms with van der Waals surface area (Å²) in [6, 6.07) is 5.61. The summed E-state index contributed by atoms with van der Waals surface area (Å²) in [6.07, 6.45) is 1.34. The molecule has 0 unspecified atom stereocenters. The fourth-order valence-corrected chi connectivity index (χ4v) is 1.76. The molecule has 0 fully saturated rings. The molecule has 1 aromatic carbocycles. The van der Waals surface area contributed by atoms with Gasteiger partial charge in [0.1, 0.15) is 6.07 Å². The summed E-state index contributed by atoms with van der Waals surface area (Å²) in [5.41, 5.74) is 0.803. The molecule has 2 rings (SSSR count). The number of carboxylic acid groups (broad SMARTS) is 2. The van der Waals surface area contributed by atoms with Gasteiger partial charge in [-0.25, -0.2) is 14.3 Å². The molecule has 20 heavy (non-hydrogen) atoms. The average Bonchev–Trinajstić information content (AvgIpc) is 2.79. The second-order valence-corrected chi connectivity index (χ2v) is 4.05. The van der Waals surface area contributed by atoms with Crippen molar-refractivity contribution in [3.8, 4) is 11.8 Å². The van der Waals surface area contributed by atoms with Gasteiger partial charge in [-0.1, -0.05) is 0 Å². The lowest BCUT2D eigenvalue weighted by Crippen LogP contribution is -2.07. The lowest BCUT2D eigenvalue weighted by Gasteiger charge is -2.07. The van der Waals surface area contributed by atoms with E-state index in [0.29, 0.717) is 11.3 Å². The van der Waals surface area contributed by atoms with Gasteiger partial charge in [0.2, 0.25) is 0 Å². The van der Waals surface area contributed by atoms with Gasteiger partial charge in [-0.05, 0) is 25.1 Å². The molecule has 0 bridgehead atoms. The predicted molar refractivity (Wildman–Crippen MR) is 66.9 cm³/mol. The fraction of sp³-hybridized carbons (Fsp3) is 0.0769. The Labute approximate surface area is 113 Å². The van der Waals surface area contributed by atoms with Crippen LogP contribution in [0.15, 0.2) is 24.4 Å². The molecule has 0 spiro atoms. The zero-order valence-electron chi connectivity index (χ0n) is 10.4. The summed E-state index contributed by atoms with van der Waals surface area (Å²) in [4.78, 5) is 22.1. The minimum Gasteiger partial charge on any atom is -0.478 e. The molecule has 0 aliphatic carbocycles. The average molecular weight is 271 g/mol. The molecule has 0 aliphatic heterocycles. The third-order valence-electron chi connectivity index (χ3n) is 2.79. The maximum atomic E-state index is 11.0. The maximum Gasteiger partial charge on any atom is 0.335 e. The third-order valence-corrected chi connectivity index (χ3v) is 2.79. The van der Waals surface area contributed by atoms with Crippen LogP contribution in [0.3, 0.4) is 0 Å². The largest absolute Gasteiger partial charge is 0.478 e. The van der Waals surface area contributed by atoms with E-state index in [-0.39, 0.29) is 16.8 Å². The van der Waals surface area contributed by atoms with Gasteiger partial charge in [-0.3, -0.25) is 0 Å². The number of hydrogen-bond donors (Lipinski definition) is 2. The zero-order valence-corrected chi connectivity index (χ0v) is 10.4. The first kappa shape index (κ1) is 13.3. The van der Waals surface area contributed by atoms with Gasteiger partial charge >= 0.3 is 11.9 Å². The van der Waals surface area contributed by atoms with Crippen LogP contribution in [0.1, 0.15) is 32.0 Å². The molecule has 2 aromatic rings. The molecule has 7 nitrogen and oxygen atoms in total. The Morgan fingerprint density at radius 2 is 1.75 bits per heavy atom. The van der Waals surface area contributed by atoms with Crippen molar-refractivity contribution in [1.29, 1.82) is 5.26 Å². The predicted octanol–water partition coefficient (Wildman–Crippen LogP) is 1.45. The van der Waals surface area contributed by atoms with Crippen LogP contribution in [0.25, 0.3) is 5.69 Å².